The van der Waals surface area contributed by atoms with Crippen LogP contribution in [-0.2, 0) is 4.79 Å². The van der Waals surface area contributed by atoms with E-state index in [-0.39, 0.29) is 0 Å². The molecule has 2 aliphatic heterocycles. The van der Waals surface area contributed by atoms with Crippen molar-refractivity contribution < 1.29 is 14.6 Å². The number of ketones is 1. The van der Waals surface area contributed by atoms with E-state index in [0.717, 1.165) is 30.4 Å². The van der Waals surface area contributed by atoms with Crippen LogP contribution in [0.25, 0.3) is 0 Å². The lowest BCUT2D eigenvalue weighted by Gasteiger charge is -2.21. The fraction of sp³-hybridized carbons (Fsp3) is 0.722. The van der Waals surface area contributed by atoms with E-state index >= 15 is 0 Å². The van der Waals surface area contributed by atoms with Crippen LogP contribution in [0.1, 0.15) is 44.9 Å². The predicted octanol–water partition coefficient (Wildman–Crippen LogP) is -0.0536. The number of carbonyl (C=O) groups is 1. The number of likely N-dealkylation sites (tertiary alicyclic amines) is 2. The van der Waals surface area contributed by atoms with E-state index in [1.165, 1.54) is 38.8 Å². The number of rotatable bonds is 2. The summed E-state index contributed by atoms with van der Waals surface area (Å²) < 4.78 is 0. The Balaban J connectivity index is 1.74. The summed E-state index contributed by atoms with van der Waals surface area (Å²) in [5.74, 6) is 0.362. The van der Waals surface area contributed by atoms with Gasteiger partial charge in [0.05, 0.1) is 27.2 Å². The Labute approximate surface area is 128 Å². The average Bonchev–Trinajstić information content (AvgIpc) is 3.04. The largest absolute Gasteiger partial charge is 0.332 e. The molecule has 0 bridgehead atoms. The molecule has 0 aromatic heterocycles. The minimum atomic E-state index is 0.362. The van der Waals surface area contributed by atoms with Crippen molar-refractivity contribution in [1.82, 2.24) is 0 Å². The Kier molecular flexibility index (Phi) is 4.60. The van der Waals surface area contributed by atoms with Crippen molar-refractivity contribution in [3.8, 4) is 0 Å². The van der Waals surface area contributed by atoms with E-state index in [1.807, 2.05) is 0 Å². The Morgan fingerprint density at radius 1 is 0.857 bits per heavy atom. The molecule has 2 saturated heterocycles. The van der Waals surface area contributed by atoms with Crippen molar-refractivity contribution >= 4 is 5.78 Å². The number of quaternary nitrogens is 2. The van der Waals surface area contributed by atoms with Crippen molar-refractivity contribution in [1.29, 1.82) is 0 Å². The Morgan fingerprint density at radius 3 is 1.71 bits per heavy atom. The van der Waals surface area contributed by atoms with Gasteiger partial charge in [0.15, 0.2) is 5.78 Å². The fourth-order valence-corrected chi connectivity index (χ4v) is 4.22. The van der Waals surface area contributed by atoms with Crippen molar-refractivity contribution in [2.45, 2.75) is 57.0 Å². The lowest BCUT2D eigenvalue weighted by molar-refractivity contribution is -0.885. The highest BCUT2D eigenvalue weighted by atomic mass is 16.1. The Morgan fingerprint density at radius 2 is 1.33 bits per heavy atom. The maximum Gasteiger partial charge on any atom is 0.184 e. The van der Waals surface area contributed by atoms with Crippen molar-refractivity contribution in [2.24, 2.45) is 0 Å². The van der Waals surface area contributed by atoms with Gasteiger partial charge in [-0.3, -0.25) is 4.79 Å². The molecule has 3 heteroatoms. The molecule has 2 unspecified atom stereocenters. The third-order valence-corrected chi connectivity index (χ3v) is 5.72. The van der Waals surface area contributed by atoms with Crippen LogP contribution >= 0.6 is 0 Å². The summed E-state index contributed by atoms with van der Waals surface area (Å²) in [4.78, 5) is 15.9. The molecule has 1 aliphatic carbocycles. The van der Waals surface area contributed by atoms with Crippen LogP contribution in [0.3, 0.4) is 0 Å². The third-order valence-electron chi connectivity index (χ3n) is 5.72. The lowest BCUT2D eigenvalue weighted by atomic mass is 9.86. The minimum Gasteiger partial charge on any atom is -0.332 e. The van der Waals surface area contributed by atoms with Gasteiger partial charge in [-0.05, 0) is 31.4 Å². The molecule has 116 valence electrons. The van der Waals surface area contributed by atoms with Crippen LogP contribution in [0, 0.1) is 0 Å². The minimum absolute atomic E-state index is 0.362. The van der Waals surface area contributed by atoms with E-state index in [2.05, 4.69) is 26.2 Å². The molecule has 0 spiro atoms. The molecule has 4 atom stereocenters. The second-order valence-corrected chi connectivity index (χ2v) is 7.26. The molecule has 3 fully saturated rings. The van der Waals surface area contributed by atoms with Gasteiger partial charge >= 0.3 is 0 Å². The first-order chi connectivity index (χ1) is 10.1. The fourth-order valence-electron chi connectivity index (χ4n) is 4.22. The normalized spacial score (nSPS) is 41.3. The molecule has 1 saturated carbocycles. The second kappa shape index (κ2) is 6.45. The highest BCUT2D eigenvalue weighted by Gasteiger charge is 2.29. The lowest BCUT2D eigenvalue weighted by Crippen LogP contribution is -3.10. The zero-order valence-corrected chi connectivity index (χ0v) is 13.6. The SMILES string of the molecule is C[NH+]1CCC[C@H]1/C=C1\CCC/C(=C\[C@H]2CCC[NH+]2C)C1=O. The monoisotopic (exact) mass is 290 g/mol. The molecule has 0 aromatic carbocycles. The van der Waals surface area contributed by atoms with Crippen molar-refractivity contribution in [3.05, 3.63) is 23.3 Å². The zero-order chi connectivity index (χ0) is 14.8. The molecule has 2 heterocycles. The van der Waals surface area contributed by atoms with Gasteiger partial charge in [0.1, 0.15) is 12.1 Å². The average molecular weight is 290 g/mol. The van der Waals surface area contributed by atoms with E-state index in [9.17, 15) is 4.79 Å². The molecule has 0 radical (unpaired) electrons. The number of hydrogen-bond donors (Lipinski definition) is 2. The number of hydrogen-bond acceptors (Lipinski definition) is 1. The first-order valence-electron chi connectivity index (χ1n) is 8.76. The van der Waals surface area contributed by atoms with Crippen LogP contribution in [0.2, 0.25) is 0 Å². The number of nitrogens with one attached hydrogen (secondary N) is 2. The summed E-state index contributed by atoms with van der Waals surface area (Å²) in [5, 5.41) is 0. The quantitative estimate of drug-likeness (QED) is 0.685. The number of Topliss-reactive ketones (excluding diaryl/α,β-unsaturated/α-hetero) is 1. The maximum atomic E-state index is 12.8. The summed E-state index contributed by atoms with van der Waals surface area (Å²) in [6, 6.07) is 1.14. The molecule has 3 aliphatic rings. The van der Waals surface area contributed by atoms with Crippen LogP contribution in [0.15, 0.2) is 23.3 Å². The summed E-state index contributed by atoms with van der Waals surface area (Å²) in [5.41, 5.74) is 2.21. The van der Waals surface area contributed by atoms with Gasteiger partial charge in [-0.25, -0.2) is 0 Å². The maximum absolute atomic E-state index is 12.8. The highest BCUT2D eigenvalue weighted by Crippen LogP contribution is 2.26. The smallest absolute Gasteiger partial charge is 0.184 e. The first-order valence-corrected chi connectivity index (χ1v) is 8.76. The van der Waals surface area contributed by atoms with Gasteiger partial charge in [0, 0.05) is 36.8 Å². The highest BCUT2D eigenvalue weighted by molar-refractivity contribution is 6.09. The summed E-state index contributed by atoms with van der Waals surface area (Å²) in [6.45, 7) is 2.50. The van der Waals surface area contributed by atoms with Crippen LogP contribution in [0.5, 0.6) is 0 Å². The van der Waals surface area contributed by atoms with E-state index in [4.69, 9.17) is 0 Å². The molecule has 21 heavy (non-hydrogen) atoms. The van der Waals surface area contributed by atoms with E-state index < -0.39 is 0 Å². The van der Waals surface area contributed by atoms with E-state index in [1.54, 1.807) is 9.80 Å². The van der Waals surface area contributed by atoms with Gasteiger partial charge in [-0.15, -0.1) is 0 Å². The van der Waals surface area contributed by atoms with Crippen molar-refractivity contribution in [2.75, 3.05) is 27.2 Å². The number of carbonyl (C=O) groups excluding carboxylic acids is 1. The molecule has 0 amide bonds. The zero-order valence-electron chi connectivity index (χ0n) is 13.6. The predicted molar refractivity (Wildman–Crippen MR) is 84.6 cm³/mol. The molecular formula is C18H30N2O+2. The third kappa shape index (κ3) is 3.29. The topological polar surface area (TPSA) is 26.0 Å². The van der Waals surface area contributed by atoms with Crippen molar-refractivity contribution in [3.63, 3.8) is 0 Å². The summed E-state index contributed by atoms with van der Waals surface area (Å²) >= 11 is 0. The molecule has 2 N–H and O–H groups in total. The molecular weight excluding hydrogens is 260 g/mol. The van der Waals surface area contributed by atoms with Gasteiger partial charge < -0.3 is 9.80 Å². The van der Waals surface area contributed by atoms with Gasteiger partial charge in [0.2, 0.25) is 0 Å². The van der Waals surface area contributed by atoms with Crippen LogP contribution < -0.4 is 9.80 Å². The summed E-state index contributed by atoms with van der Waals surface area (Å²) in [7, 11) is 4.52. The molecule has 0 aromatic rings. The Hall–Kier alpha value is -0.930. The standard InChI is InChI=1S/C18H28N2O/c1-19-10-4-8-16(19)12-14-6-3-7-15(18(14)21)13-17-9-5-11-20(17)2/h12-13,16-17H,3-11H2,1-2H3/p+2/b14-12+,15-13+/t16-,17+. The van der Waals surface area contributed by atoms with Crippen LogP contribution in [0.4, 0.5) is 0 Å². The van der Waals surface area contributed by atoms with Gasteiger partial charge in [-0.2, -0.15) is 0 Å². The van der Waals surface area contributed by atoms with E-state index in [0.29, 0.717) is 17.9 Å². The first kappa shape index (κ1) is 15.0. The van der Waals surface area contributed by atoms with Gasteiger partial charge in [0.25, 0.3) is 0 Å². The Bertz CT molecular complexity index is 426. The van der Waals surface area contributed by atoms with Gasteiger partial charge in [-0.1, -0.05) is 0 Å². The number of allylic oxidation sites excluding steroid dienone is 2. The summed E-state index contributed by atoms with van der Waals surface area (Å²) in [6.07, 6.45) is 12.8. The second-order valence-electron chi connectivity index (χ2n) is 7.26. The molecule has 3 nitrogen and oxygen atoms in total. The number of likely N-dealkylation sites (N-methyl/N-ethyl adjacent to an activating group) is 2. The van der Waals surface area contributed by atoms with Crippen LogP contribution in [-0.4, -0.2) is 45.1 Å². The molecule has 3 rings (SSSR count).